The number of benzene rings is 4. The Kier molecular flexibility index (Phi) is 11.7. The van der Waals surface area contributed by atoms with E-state index < -0.39 is 10.2 Å². The molecule has 4 aromatic carbocycles. The van der Waals surface area contributed by atoms with Gasteiger partial charge >= 0.3 is 11.3 Å². The third kappa shape index (κ3) is 9.33. The predicted octanol–water partition coefficient (Wildman–Crippen LogP) is 11.3. The molecule has 0 saturated heterocycles. The van der Waals surface area contributed by atoms with Gasteiger partial charge in [0.1, 0.15) is 11.5 Å². The summed E-state index contributed by atoms with van der Waals surface area (Å²) in [7, 11) is -4.94. The summed E-state index contributed by atoms with van der Waals surface area (Å²) < 4.78 is 47.9. The lowest BCUT2D eigenvalue weighted by atomic mass is 9.67. The molecule has 8 heteroatoms. The van der Waals surface area contributed by atoms with Crippen LogP contribution in [-0.2, 0) is 6.42 Å². The minimum absolute atomic E-state index is 0.102. The minimum atomic E-state index is -4.94. The molecule has 2 heterocycles. The number of ether oxygens (including phenoxy) is 1. The lowest BCUT2D eigenvalue weighted by Gasteiger charge is -2.39. The van der Waals surface area contributed by atoms with Gasteiger partial charge in [0.2, 0.25) is 0 Å². The van der Waals surface area contributed by atoms with Gasteiger partial charge in [0.15, 0.2) is 0 Å². The van der Waals surface area contributed by atoms with Crippen molar-refractivity contribution in [1.82, 2.24) is 0 Å². The zero-order chi connectivity index (χ0) is 44.5. The van der Waals surface area contributed by atoms with Crippen molar-refractivity contribution < 1.29 is 38.0 Å². The molecule has 1 aromatic heterocycles. The van der Waals surface area contributed by atoms with Crippen molar-refractivity contribution in [2.75, 3.05) is 0 Å². The molecule has 0 radical (unpaired) electrons. The van der Waals surface area contributed by atoms with Crippen LogP contribution in [0.3, 0.4) is 0 Å². The Bertz CT molecular complexity index is 2740. The van der Waals surface area contributed by atoms with Gasteiger partial charge in [-0.15, -0.1) is 10.2 Å². The molecule has 62 heavy (non-hydrogen) atoms. The molecule has 3 aliphatic carbocycles. The minimum Gasteiger partial charge on any atom is -0.456 e. The maximum Gasteiger partial charge on any atom is 0.361 e. The molecule has 0 fully saturated rings. The molecular formula is C54H58Cl2O6. The van der Waals surface area contributed by atoms with E-state index in [0.717, 1.165) is 66.4 Å². The van der Waals surface area contributed by atoms with Crippen molar-refractivity contribution >= 4 is 55.8 Å². The molecule has 9 rings (SSSR count). The van der Waals surface area contributed by atoms with Crippen molar-refractivity contribution in [2.45, 2.75) is 101 Å². The summed E-state index contributed by atoms with van der Waals surface area (Å²) in [6.45, 7) is 21.5. The SMILES string of the molecule is CC(C)(C)C1CC2=Cc3c(ccc4ccccc34)OC2=C(/C=C2\CC(C(C)(C)C)CC(/C=C3\CC(C(C)(C)C)Cc4cc5c(ccc6ccccc65)[o+]c43)=C2Cl)C1.[O-][Cl+3]([O-])([O-])[O-]. The van der Waals surface area contributed by atoms with Crippen molar-refractivity contribution in [3.8, 4) is 5.75 Å². The zero-order valence-electron chi connectivity index (χ0n) is 37.4. The zero-order valence-corrected chi connectivity index (χ0v) is 38.9. The van der Waals surface area contributed by atoms with E-state index in [2.05, 4.69) is 159 Å². The van der Waals surface area contributed by atoms with Crippen LogP contribution in [0.4, 0.5) is 0 Å². The number of halogens is 2. The first-order valence-electron chi connectivity index (χ1n) is 21.8. The van der Waals surface area contributed by atoms with Gasteiger partial charge in [-0.1, -0.05) is 135 Å². The fourth-order valence-corrected chi connectivity index (χ4v) is 10.1. The van der Waals surface area contributed by atoms with Crippen LogP contribution in [0.2, 0.25) is 0 Å². The highest BCUT2D eigenvalue weighted by Crippen LogP contribution is 2.52. The quantitative estimate of drug-likeness (QED) is 0.129. The Labute approximate surface area is 373 Å². The van der Waals surface area contributed by atoms with Crippen LogP contribution in [0.15, 0.2) is 129 Å². The molecule has 0 bridgehead atoms. The molecule has 3 unspecified atom stereocenters. The largest absolute Gasteiger partial charge is 0.456 e. The van der Waals surface area contributed by atoms with E-state index >= 15 is 0 Å². The molecule has 0 amide bonds. The average molecular weight is 874 g/mol. The van der Waals surface area contributed by atoms with Gasteiger partial charge in [0, 0.05) is 16.7 Å². The van der Waals surface area contributed by atoms with E-state index in [-0.39, 0.29) is 16.2 Å². The molecular weight excluding hydrogens is 815 g/mol. The average Bonchev–Trinajstić information content (AvgIpc) is 3.19. The van der Waals surface area contributed by atoms with E-state index in [1.54, 1.807) is 0 Å². The van der Waals surface area contributed by atoms with Crippen LogP contribution < -0.4 is 23.4 Å². The highest BCUT2D eigenvalue weighted by atomic mass is 35.7. The molecule has 3 atom stereocenters. The van der Waals surface area contributed by atoms with E-state index in [0.29, 0.717) is 17.8 Å². The molecule has 4 aliphatic rings. The Morgan fingerprint density at radius 2 is 1.15 bits per heavy atom. The topological polar surface area (TPSA) is 113 Å². The number of rotatable bonds is 2. The number of hydrogen-bond acceptors (Lipinski definition) is 5. The van der Waals surface area contributed by atoms with Crippen molar-refractivity contribution in [3.05, 3.63) is 141 Å². The van der Waals surface area contributed by atoms with E-state index in [4.69, 9.17) is 39.4 Å². The van der Waals surface area contributed by atoms with Gasteiger partial charge < -0.3 is 4.74 Å². The first-order valence-corrected chi connectivity index (χ1v) is 23.5. The predicted molar refractivity (Wildman–Crippen MR) is 242 cm³/mol. The molecule has 0 spiro atoms. The van der Waals surface area contributed by atoms with Crippen LogP contribution in [0.1, 0.15) is 111 Å². The van der Waals surface area contributed by atoms with Gasteiger partial charge in [-0.25, -0.2) is 23.1 Å². The first-order chi connectivity index (χ1) is 29.0. The molecule has 5 aromatic rings. The summed E-state index contributed by atoms with van der Waals surface area (Å²) in [6, 6.07) is 28.4. The molecule has 324 valence electrons. The van der Waals surface area contributed by atoms with Gasteiger partial charge in [-0.3, -0.25) is 0 Å². The Morgan fingerprint density at radius 1 is 0.613 bits per heavy atom. The Morgan fingerprint density at radius 3 is 1.81 bits per heavy atom. The third-order valence-corrected chi connectivity index (χ3v) is 14.3. The Hall–Kier alpha value is -4.27. The standard InChI is InChI=1S/C54H58ClO2.ClHO4/c1-52(2,3)40-24-34(22-36-26-41(53(4,5)6)28-38-30-45-43-16-12-10-14-32(43)18-20-47(45)56-50(36)38)49(55)35(25-40)23-37-27-42(54(7,8)9)29-39-31-46-44-17-13-11-15-33(44)19-21-48(46)57-51(37)39;2-1(3,4)5/h10-23,30-31,40-42H,24-29H2,1-9H3;(H,2,3,4,5)/q+1;/p-1. The van der Waals surface area contributed by atoms with Gasteiger partial charge in [0.05, 0.1) is 16.5 Å². The second kappa shape index (κ2) is 16.4. The monoisotopic (exact) mass is 872 g/mol. The van der Waals surface area contributed by atoms with Crippen LogP contribution in [0.5, 0.6) is 5.75 Å². The van der Waals surface area contributed by atoms with Gasteiger partial charge in [-0.05, 0) is 147 Å². The van der Waals surface area contributed by atoms with E-state index in [1.807, 2.05) is 0 Å². The van der Waals surface area contributed by atoms with Crippen molar-refractivity contribution in [3.63, 3.8) is 0 Å². The van der Waals surface area contributed by atoms with Crippen molar-refractivity contribution in [2.24, 2.45) is 34.0 Å². The van der Waals surface area contributed by atoms with Crippen molar-refractivity contribution in [1.29, 1.82) is 0 Å². The number of allylic oxidation sites excluding steroid dienone is 8. The molecule has 0 saturated carbocycles. The normalized spacial score (nSPS) is 22.3. The molecule has 1 aliphatic heterocycles. The molecule has 6 nitrogen and oxygen atoms in total. The highest BCUT2D eigenvalue weighted by Gasteiger charge is 2.40. The molecule has 0 N–H and O–H groups in total. The fourth-order valence-electron chi connectivity index (χ4n) is 9.84. The van der Waals surface area contributed by atoms with Crippen LogP contribution in [0, 0.1) is 44.2 Å². The van der Waals surface area contributed by atoms with Crippen LogP contribution >= 0.6 is 11.6 Å². The second-order valence-electron chi connectivity index (χ2n) is 21.1. The maximum absolute atomic E-state index is 8.49. The van der Waals surface area contributed by atoms with Crippen LogP contribution in [0.25, 0.3) is 44.2 Å². The van der Waals surface area contributed by atoms with E-state index in [1.165, 1.54) is 65.9 Å². The number of hydrogen-bond donors (Lipinski definition) is 0. The van der Waals surface area contributed by atoms with Crippen LogP contribution in [-0.4, -0.2) is 0 Å². The number of fused-ring (bicyclic) bond motifs is 8. The lowest BCUT2D eigenvalue weighted by Crippen LogP contribution is -2.68. The maximum atomic E-state index is 8.49. The summed E-state index contributed by atoms with van der Waals surface area (Å²) in [4.78, 5) is 0. The summed E-state index contributed by atoms with van der Waals surface area (Å²) >= 11 is 7.72. The Balaban J connectivity index is 0.00000100. The smallest absolute Gasteiger partial charge is 0.361 e. The van der Waals surface area contributed by atoms with Gasteiger partial charge in [0.25, 0.3) is 0 Å². The second-order valence-corrected chi connectivity index (χ2v) is 22.2. The summed E-state index contributed by atoms with van der Waals surface area (Å²) in [5, 5.41) is 7.06. The summed E-state index contributed by atoms with van der Waals surface area (Å²) in [5.74, 6) is 4.39. The third-order valence-electron chi connectivity index (χ3n) is 13.8. The summed E-state index contributed by atoms with van der Waals surface area (Å²) in [6.07, 6.45) is 13.1. The van der Waals surface area contributed by atoms with E-state index in [9.17, 15) is 0 Å². The first kappa shape index (κ1) is 44.3. The fraction of sp³-hybridized carbons (Fsp3) is 0.389. The highest BCUT2D eigenvalue weighted by molar-refractivity contribution is 6.32. The van der Waals surface area contributed by atoms with Gasteiger partial charge in [-0.2, -0.15) is 0 Å². The lowest BCUT2D eigenvalue weighted by molar-refractivity contribution is -2.00. The summed E-state index contributed by atoms with van der Waals surface area (Å²) in [5.41, 5.74) is 10.1.